The van der Waals surface area contributed by atoms with E-state index in [2.05, 4.69) is 15.0 Å². The summed E-state index contributed by atoms with van der Waals surface area (Å²) in [4.78, 5) is 15.5. The van der Waals surface area contributed by atoms with Crippen LogP contribution in [-0.2, 0) is 19.7 Å². The Morgan fingerprint density at radius 2 is 1.57 bits per heavy atom. The average molecular weight is 334 g/mol. The Kier molecular flexibility index (Phi) is 4.90. The van der Waals surface area contributed by atoms with Crippen LogP contribution in [-0.4, -0.2) is 14.4 Å². The van der Waals surface area contributed by atoms with Crippen molar-refractivity contribution in [1.82, 2.24) is 0 Å². The fraction of sp³-hybridized carbons (Fsp3) is 0.188. The molecule has 0 saturated carbocycles. The molecular weight excluding hydrogens is 316 g/mol. The van der Waals surface area contributed by atoms with Crippen LogP contribution in [0.5, 0.6) is 0 Å². The van der Waals surface area contributed by atoms with Gasteiger partial charge in [-0.25, -0.2) is 13.9 Å². The number of para-hydroxylation sites is 1. The van der Waals surface area contributed by atoms with Crippen molar-refractivity contribution >= 4 is 27.4 Å². The molecule has 0 aromatic heterocycles. The van der Waals surface area contributed by atoms with Crippen LogP contribution in [0.3, 0.4) is 0 Å². The topological polar surface area (TPSA) is 84.5 Å². The molecule has 0 aliphatic carbocycles. The number of rotatable bonds is 5. The second-order valence-electron chi connectivity index (χ2n) is 5.09. The third-order valence-corrected chi connectivity index (χ3v) is 4.56. The molecule has 122 valence electrons. The summed E-state index contributed by atoms with van der Waals surface area (Å²) in [7, 11) is -3.69. The van der Waals surface area contributed by atoms with Crippen LogP contribution in [0, 0.1) is 13.8 Å². The van der Waals surface area contributed by atoms with Gasteiger partial charge in [0.15, 0.2) is 0 Å². The zero-order chi connectivity index (χ0) is 17.0. The summed E-state index contributed by atoms with van der Waals surface area (Å²) in [6.45, 7) is 4.95. The Balaban J connectivity index is 2.21. The fourth-order valence-corrected chi connectivity index (χ4v) is 3.20. The van der Waals surface area contributed by atoms with Crippen molar-refractivity contribution in [1.29, 1.82) is 0 Å². The maximum Gasteiger partial charge on any atom is 0.329 e. The fourth-order valence-electron chi connectivity index (χ4n) is 2.00. The normalized spacial score (nSPS) is 10.9. The van der Waals surface area contributed by atoms with E-state index in [1.807, 2.05) is 32.0 Å². The second-order valence-corrected chi connectivity index (χ2v) is 6.77. The molecule has 2 aromatic rings. The largest absolute Gasteiger partial charge is 0.344 e. The number of carbonyl (C=O) groups is 1. The maximum atomic E-state index is 12.5. The smallest absolute Gasteiger partial charge is 0.329 e. The average Bonchev–Trinajstić information content (AvgIpc) is 2.49. The van der Waals surface area contributed by atoms with Crippen LogP contribution in [0.2, 0.25) is 0 Å². The molecule has 0 radical (unpaired) electrons. The van der Waals surface area contributed by atoms with Gasteiger partial charge >= 0.3 is 5.97 Å². The Morgan fingerprint density at radius 3 is 2.09 bits per heavy atom. The number of benzene rings is 2. The molecule has 6 nitrogen and oxygen atoms in total. The van der Waals surface area contributed by atoms with Crippen molar-refractivity contribution < 1.29 is 18.0 Å². The van der Waals surface area contributed by atoms with Crippen LogP contribution in [0.4, 0.5) is 11.4 Å². The Labute approximate surface area is 135 Å². The van der Waals surface area contributed by atoms with E-state index >= 15 is 0 Å². The molecule has 0 spiro atoms. The van der Waals surface area contributed by atoms with Crippen molar-refractivity contribution in [2.45, 2.75) is 25.7 Å². The minimum absolute atomic E-state index is 0.119. The summed E-state index contributed by atoms with van der Waals surface area (Å²) in [6.07, 6.45) is 0. The van der Waals surface area contributed by atoms with E-state index in [4.69, 9.17) is 0 Å². The Bertz CT molecular complexity index is 794. The molecule has 2 N–H and O–H groups in total. The predicted molar refractivity (Wildman–Crippen MR) is 88.6 cm³/mol. The number of sulfonamides is 1. The maximum absolute atomic E-state index is 12.5. The van der Waals surface area contributed by atoms with Gasteiger partial charge < -0.3 is 4.84 Å². The summed E-state index contributed by atoms with van der Waals surface area (Å²) in [5.41, 5.74) is 5.18. The van der Waals surface area contributed by atoms with E-state index in [1.54, 1.807) is 0 Å². The number of hydrogen-bond acceptors (Lipinski definition) is 5. The summed E-state index contributed by atoms with van der Waals surface area (Å²) < 4.78 is 27.5. The minimum atomic E-state index is -3.69. The summed E-state index contributed by atoms with van der Waals surface area (Å²) in [5, 5.41) is 0. The minimum Gasteiger partial charge on any atom is -0.344 e. The molecule has 0 aliphatic heterocycles. The highest BCUT2D eigenvalue weighted by Gasteiger charge is 2.16. The first-order valence-corrected chi connectivity index (χ1v) is 8.40. The van der Waals surface area contributed by atoms with Crippen LogP contribution in [0.15, 0.2) is 47.4 Å². The molecule has 0 unspecified atom stereocenters. The Hall–Kier alpha value is -2.54. The van der Waals surface area contributed by atoms with Gasteiger partial charge in [-0.2, -0.15) is 0 Å². The third-order valence-electron chi connectivity index (χ3n) is 3.19. The van der Waals surface area contributed by atoms with Crippen molar-refractivity contribution in [2.75, 3.05) is 10.2 Å². The zero-order valence-corrected chi connectivity index (χ0v) is 13.9. The van der Waals surface area contributed by atoms with Crippen LogP contribution in [0.25, 0.3) is 0 Å². The van der Waals surface area contributed by atoms with Gasteiger partial charge in [0.2, 0.25) is 0 Å². The summed E-state index contributed by atoms with van der Waals surface area (Å²) in [6, 6.07) is 11.5. The van der Waals surface area contributed by atoms with Gasteiger partial charge in [0, 0.05) is 6.92 Å². The lowest BCUT2D eigenvalue weighted by atomic mass is 10.1. The van der Waals surface area contributed by atoms with Crippen molar-refractivity contribution in [3.05, 3.63) is 53.6 Å². The summed E-state index contributed by atoms with van der Waals surface area (Å²) >= 11 is 0. The number of aryl methyl sites for hydroxylation is 2. The molecule has 0 fully saturated rings. The molecule has 2 aromatic carbocycles. The molecule has 0 atom stereocenters. The molecule has 0 heterocycles. The van der Waals surface area contributed by atoms with Gasteiger partial charge in [0.1, 0.15) is 0 Å². The van der Waals surface area contributed by atoms with Crippen LogP contribution >= 0.6 is 0 Å². The highest BCUT2D eigenvalue weighted by molar-refractivity contribution is 7.92. The quantitative estimate of drug-likeness (QED) is 0.821. The van der Waals surface area contributed by atoms with Gasteiger partial charge in [-0.05, 0) is 49.2 Å². The number of nitrogens with one attached hydrogen (secondary N) is 2. The van der Waals surface area contributed by atoms with Crippen molar-refractivity contribution in [2.24, 2.45) is 0 Å². The van der Waals surface area contributed by atoms with E-state index in [0.29, 0.717) is 11.4 Å². The van der Waals surface area contributed by atoms with Gasteiger partial charge in [-0.1, -0.05) is 18.2 Å². The molecule has 0 saturated heterocycles. The van der Waals surface area contributed by atoms with E-state index < -0.39 is 16.0 Å². The third kappa shape index (κ3) is 4.23. The molecule has 23 heavy (non-hydrogen) atoms. The van der Waals surface area contributed by atoms with E-state index in [1.165, 1.54) is 31.2 Å². The van der Waals surface area contributed by atoms with Crippen LogP contribution < -0.4 is 10.2 Å². The highest BCUT2D eigenvalue weighted by atomic mass is 32.2. The first-order valence-electron chi connectivity index (χ1n) is 6.92. The lowest BCUT2D eigenvalue weighted by molar-refractivity contribution is -0.138. The summed E-state index contributed by atoms with van der Waals surface area (Å²) in [5.74, 6) is -0.488. The molecule has 7 heteroatoms. The van der Waals surface area contributed by atoms with Gasteiger partial charge in [0.05, 0.1) is 16.3 Å². The van der Waals surface area contributed by atoms with Gasteiger partial charge in [0.25, 0.3) is 10.0 Å². The van der Waals surface area contributed by atoms with Crippen molar-refractivity contribution in [3.8, 4) is 0 Å². The van der Waals surface area contributed by atoms with Gasteiger partial charge in [-0.3, -0.25) is 9.52 Å². The standard InChI is InChI=1S/C16H18N2O4S/c1-11-5-4-6-12(2)16(11)18-23(20,21)15-9-7-14(8-10-15)17-22-13(3)19/h4-10,17-18H,1-3H3. The van der Waals surface area contributed by atoms with E-state index in [9.17, 15) is 13.2 Å². The predicted octanol–water partition coefficient (Wildman–Crippen LogP) is 2.99. The first kappa shape index (κ1) is 16.8. The molecule has 0 bridgehead atoms. The van der Waals surface area contributed by atoms with Crippen molar-refractivity contribution in [3.63, 3.8) is 0 Å². The second kappa shape index (κ2) is 6.70. The van der Waals surface area contributed by atoms with E-state index in [0.717, 1.165) is 11.1 Å². The monoisotopic (exact) mass is 334 g/mol. The number of hydrogen-bond donors (Lipinski definition) is 2. The zero-order valence-electron chi connectivity index (χ0n) is 13.1. The molecule has 0 aliphatic rings. The number of carbonyl (C=O) groups excluding carboxylic acids is 1. The molecule has 2 rings (SSSR count). The van der Waals surface area contributed by atoms with Crippen LogP contribution in [0.1, 0.15) is 18.1 Å². The first-order chi connectivity index (χ1) is 10.8. The molecule has 0 amide bonds. The SMILES string of the molecule is CC(=O)ONc1ccc(S(=O)(=O)Nc2c(C)cccc2C)cc1. The molecular formula is C16H18N2O4S. The van der Waals surface area contributed by atoms with E-state index in [-0.39, 0.29) is 4.90 Å². The van der Waals surface area contributed by atoms with Gasteiger partial charge in [-0.15, -0.1) is 0 Å². The highest BCUT2D eigenvalue weighted by Crippen LogP contribution is 2.24. The lowest BCUT2D eigenvalue weighted by Crippen LogP contribution is -2.14. The lowest BCUT2D eigenvalue weighted by Gasteiger charge is -2.13. The number of anilines is 2. The Morgan fingerprint density at radius 1 is 1.00 bits per heavy atom.